The lowest BCUT2D eigenvalue weighted by Gasteiger charge is -2.27. The number of unbranched alkanes of at least 4 members (excludes halogenated alkanes) is 17. The summed E-state index contributed by atoms with van der Waals surface area (Å²) in [5, 5.41) is 9.70. The van der Waals surface area contributed by atoms with E-state index in [1.54, 1.807) is 0 Å². The maximum atomic E-state index is 12.6. The van der Waals surface area contributed by atoms with Crippen LogP contribution in [0.5, 0.6) is 0 Å². The molecule has 0 bridgehead atoms. The molecule has 1 N–H and O–H groups in total. The van der Waals surface area contributed by atoms with Crippen LogP contribution in [0.1, 0.15) is 162 Å². The van der Waals surface area contributed by atoms with Gasteiger partial charge in [0.05, 0.1) is 5.92 Å². The highest BCUT2D eigenvalue weighted by molar-refractivity contribution is 5.87. The van der Waals surface area contributed by atoms with Gasteiger partial charge in [-0.2, -0.15) is 0 Å². The molecule has 1 heterocycles. The number of nitrogens with zero attached hydrogens (tertiary/aromatic N) is 1. The van der Waals surface area contributed by atoms with Crippen molar-refractivity contribution < 1.29 is 14.7 Å². The summed E-state index contributed by atoms with van der Waals surface area (Å²) in [5.41, 5.74) is 0. The fourth-order valence-electron chi connectivity index (χ4n) is 5.68. The van der Waals surface area contributed by atoms with Gasteiger partial charge in [0.1, 0.15) is 0 Å². The van der Waals surface area contributed by atoms with E-state index >= 15 is 0 Å². The molecule has 2 unspecified atom stereocenters. The van der Waals surface area contributed by atoms with E-state index in [0.29, 0.717) is 0 Å². The Bertz CT molecular complexity index is 642. The zero-order valence-electron chi connectivity index (χ0n) is 25.1. The van der Waals surface area contributed by atoms with Crippen molar-refractivity contribution in [3.63, 3.8) is 0 Å². The van der Waals surface area contributed by atoms with Crippen molar-refractivity contribution in [1.82, 2.24) is 4.90 Å². The molecule has 0 aliphatic carbocycles. The van der Waals surface area contributed by atoms with Crippen molar-refractivity contribution in [3.8, 4) is 0 Å². The van der Waals surface area contributed by atoms with E-state index in [2.05, 4.69) is 38.2 Å². The Kier molecular flexibility index (Phi) is 22.2. The van der Waals surface area contributed by atoms with Gasteiger partial charge in [0.15, 0.2) is 0 Å². The van der Waals surface area contributed by atoms with Gasteiger partial charge in [0, 0.05) is 19.0 Å². The molecular weight excluding hydrogens is 470 g/mol. The fraction of sp³-hybridized carbons (Fsp3) is 0.824. The van der Waals surface area contributed by atoms with Crippen LogP contribution < -0.4 is 0 Å². The largest absolute Gasteiger partial charge is 0.481 e. The van der Waals surface area contributed by atoms with Gasteiger partial charge in [0.25, 0.3) is 0 Å². The number of carbonyl (C=O) groups is 2. The van der Waals surface area contributed by atoms with Crippen LogP contribution >= 0.6 is 0 Å². The molecule has 220 valence electrons. The summed E-state index contributed by atoms with van der Waals surface area (Å²) in [4.78, 5) is 26.3. The van der Waals surface area contributed by atoms with E-state index in [1.165, 1.54) is 96.3 Å². The Morgan fingerprint density at radius 1 is 0.711 bits per heavy atom. The van der Waals surface area contributed by atoms with E-state index in [4.69, 9.17) is 0 Å². The molecule has 0 saturated carbocycles. The van der Waals surface area contributed by atoms with Gasteiger partial charge in [-0.1, -0.05) is 134 Å². The molecule has 38 heavy (non-hydrogen) atoms. The highest BCUT2D eigenvalue weighted by Crippen LogP contribution is 2.30. The molecule has 0 radical (unpaired) electrons. The molecule has 1 amide bonds. The van der Waals surface area contributed by atoms with Crippen molar-refractivity contribution in [2.45, 2.75) is 168 Å². The molecule has 0 aromatic carbocycles. The topological polar surface area (TPSA) is 57.6 Å². The Balaban J connectivity index is 2.16. The Morgan fingerprint density at radius 2 is 1.18 bits per heavy atom. The molecule has 0 aromatic rings. The molecule has 0 aromatic heterocycles. The van der Waals surface area contributed by atoms with E-state index < -0.39 is 11.9 Å². The third-order valence-electron chi connectivity index (χ3n) is 8.10. The summed E-state index contributed by atoms with van der Waals surface area (Å²) >= 11 is 0. The number of hydrogen-bond donors (Lipinski definition) is 1. The summed E-state index contributed by atoms with van der Waals surface area (Å²) in [6, 6.07) is -0.100. The smallest absolute Gasteiger partial charge is 0.309 e. The number of hydrogen-bond acceptors (Lipinski definition) is 2. The van der Waals surface area contributed by atoms with E-state index in [1.807, 2.05) is 4.90 Å². The van der Waals surface area contributed by atoms with Gasteiger partial charge in [-0.05, 0) is 44.9 Å². The average molecular weight is 532 g/mol. The number of amides is 1. The van der Waals surface area contributed by atoms with Crippen LogP contribution in [0.2, 0.25) is 0 Å². The molecule has 1 aliphatic heterocycles. The quantitative estimate of drug-likeness (QED) is 0.0892. The van der Waals surface area contributed by atoms with Gasteiger partial charge in [-0.15, -0.1) is 0 Å². The molecular formula is C34H61NO3. The van der Waals surface area contributed by atoms with E-state index in [-0.39, 0.29) is 18.4 Å². The van der Waals surface area contributed by atoms with Crippen LogP contribution in [0.3, 0.4) is 0 Å². The molecule has 4 heteroatoms. The normalized spacial score (nSPS) is 17.9. The van der Waals surface area contributed by atoms with Crippen LogP contribution in [0.15, 0.2) is 24.3 Å². The number of carbonyl (C=O) groups excluding carboxylic acids is 1. The summed E-state index contributed by atoms with van der Waals surface area (Å²) in [6.07, 6.45) is 36.1. The van der Waals surface area contributed by atoms with Gasteiger partial charge in [0.2, 0.25) is 5.91 Å². The maximum absolute atomic E-state index is 12.6. The van der Waals surface area contributed by atoms with E-state index in [9.17, 15) is 14.7 Å². The van der Waals surface area contributed by atoms with Gasteiger partial charge >= 0.3 is 5.97 Å². The highest BCUT2D eigenvalue weighted by atomic mass is 16.4. The lowest BCUT2D eigenvalue weighted by molar-refractivity contribution is -0.142. The fourth-order valence-corrected chi connectivity index (χ4v) is 5.68. The molecule has 1 saturated heterocycles. The first-order chi connectivity index (χ1) is 18.6. The monoisotopic (exact) mass is 531 g/mol. The summed E-state index contributed by atoms with van der Waals surface area (Å²) in [6.45, 7) is 5.24. The third-order valence-corrected chi connectivity index (χ3v) is 8.10. The van der Waals surface area contributed by atoms with Crippen molar-refractivity contribution in [1.29, 1.82) is 0 Å². The van der Waals surface area contributed by atoms with Gasteiger partial charge in [-0.25, -0.2) is 0 Å². The Labute approximate surface area is 235 Å². The third kappa shape index (κ3) is 17.1. The second-order valence-electron chi connectivity index (χ2n) is 11.5. The Hall–Kier alpha value is -1.58. The summed E-state index contributed by atoms with van der Waals surface area (Å²) in [7, 11) is 0. The minimum Gasteiger partial charge on any atom is -0.481 e. The molecule has 1 fully saturated rings. The lowest BCUT2D eigenvalue weighted by Crippen LogP contribution is -2.38. The minimum atomic E-state index is -0.795. The van der Waals surface area contributed by atoms with Crippen LogP contribution in [-0.2, 0) is 9.59 Å². The molecule has 2 atom stereocenters. The number of likely N-dealkylation sites (tertiary alicyclic amines) is 1. The van der Waals surface area contributed by atoms with Crippen molar-refractivity contribution in [2.24, 2.45) is 5.92 Å². The van der Waals surface area contributed by atoms with Gasteiger partial charge < -0.3 is 10.0 Å². The maximum Gasteiger partial charge on any atom is 0.309 e. The van der Waals surface area contributed by atoms with Gasteiger partial charge in [-0.3, -0.25) is 9.59 Å². The lowest BCUT2D eigenvalue weighted by atomic mass is 9.94. The molecule has 4 nitrogen and oxygen atoms in total. The second-order valence-corrected chi connectivity index (χ2v) is 11.5. The molecule has 1 aliphatic rings. The van der Waals surface area contributed by atoms with Crippen molar-refractivity contribution >= 4 is 11.9 Å². The number of carboxylic acid groups (broad SMARTS) is 1. The summed E-state index contributed by atoms with van der Waals surface area (Å²) in [5.74, 6) is -1.26. The predicted molar refractivity (Wildman–Crippen MR) is 162 cm³/mol. The zero-order valence-corrected chi connectivity index (χ0v) is 25.1. The van der Waals surface area contributed by atoms with Crippen molar-refractivity contribution in [3.05, 3.63) is 24.3 Å². The first-order valence-corrected chi connectivity index (χ1v) is 16.4. The zero-order chi connectivity index (χ0) is 27.7. The summed E-state index contributed by atoms with van der Waals surface area (Å²) < 4.78 is 0. The molecule has 1 rings (SSSR count). The second kappa shape index (κ2) is 24.5. The number of aliphatic carboxylic acids is 1. The van der Waals surface area contributed by atoms with Crippen LogP contribution in [0.25, 0.3) is 0 Å². The van der Waals surface area contributed by atoms with Crippen LogP contribution in [0.4, 0.5) is 0 Å². The highest BCUT2D eigenvalue weighted by Gasteiger charge is 2.42. The standard InChI is InChI=1S/C34H61NO3/c1-3-5-7-9-11-13-15-16-17-18-19-20-22-24-26-28-32-31(34(37)38)30-33(36)35(32)29-27-25-23-21-14-12-10-8-6-4-2/h11,13,16-17,31-32H,3-10,12,14-15,18-30H2,1-2H3,(H,37,38)/b13-11-,17-16-. The average Bonchev–Trinajstić information content (AvgIpc) is 3.22. The number of rotatable bonds is 26. The Morgan fingerprint density at radius 3 is 1.76 bits per heavy atom. The number of allylic oxidation sites excluding steroid dienone is 4. The predicted octanol–water partition coefficient (Wildman–Crippen LogP) is 10.0. The minimum absolute atomic E-state index is 0.0564. The number of carboxylic acids is 1. The SMILES string of the molecule is CCCCC/C=C\C/C=C\CCCCCCCC1C(C(=O)O)CC(=O)N1CCCCCCCCCCCC. The first-order valence-electron chi connectivity index (χ1n) is 16.4. The van der Waals surface area contributed by atoms with Crippen molar-refractivity contribution in [2.75, 3.05) is 6.54 Å². The molecule has 0 spiro atoms. The van der Waals surface area contributed by atoms with Crippen LogP contribution in [0, 0.1) is 5.92 Å². The van der Waals surface area contributed by atoms with E-state index in [0.717, 1.165) is 51.5 Å². The van der Waals surface area contributed by atoms with Crippen LogP contribution in [-0.4, -0.2) is 34.5 Å². The first kappa shape index (κ1) is 34.4.